The number of nitrogens with zero attached hydrogens (tertiary/aromatic N) is 2. The van der Waals surface area contributed by atoms with Crippen molar-refractivity contribution in [3.05, 3.63) is 29.8 Å². The van der Waals surface area contributed by atoms with Gasteiger partial charge in [0.2, 0.25) is 0 Å². The Hall–Kier alpha value is -1.55. The van der Waals surface area contributed by atoms with Gasteiger partial charge in [0.25, 0.3) is 5.91 Å². The van der Waals surface area contributed by atoms with E-state index in [9.17, 15) is 4.79 Å². The van der Waals surface area contributed by atoms with Crippen LogP contribution in [0, 0.1) is 5.41 Å². The van der Waals surface area contributed by atoms with Gasteiger partial charge in [0.1, 0.15) is 5.75 Å². The molecule has 114 valence electrons. The molecular weight excluding hydrogens is 264 g/mol. The van der Waals surface area contributed by atoms with Crippen LogP contribution in [-0.2, 0) is 0 Å². The van der Waals surface area contributed by atoms with Crippen molar-refractivity contribution in [3.8, 4) is 5.75 Å². The molecule has 0 saturated carbocycles. The molecule has 4 heteroatoms. The van der Waals surface area contributed by atoms with Gasteiger partial charge in [-0.3, -0.25) is 4.79 Å². The monoisotopic (exact) mass is 288 g/mol. The maximum absolute atomic E-state index is 12.7. The average molecular weight is 288 g/mol. The predicted molar refractivity (Wildman–Crippen MR) is 82.7 cm³/mol. The molecule has 2 heterocycles. The first kappa shape index (κ1) is 14.4. The SMILES string of the molecule is COc1cccc(C(=O)N2CC[C@]3(CCCN(C)C3)C2)c1. The third-order valence-corrected chi connectivity index (χ3v) is 4.89. The first-order chi connectivity index (χ1) is 10.1. The molecule has 4 nitrogen and oxygen atoms in total. The quantitative estimate of drug-likeness (QED) is 0.837. The zero-order chi connectivity index (χ0) is 14.9. The molecule has 2 saturated heterocycles. The summed E-state index contributed by atoms with van der Waals surface area (Å²) in [4.78, 5) is 17.1. The Balaban J connectivity index is 1.72. The number of hydrogen-bond donors (Lipinski definition) is 0. The lowest BCUT2D eigenvalue weighted by molar-refractivity contribution is 0.0722. The number of benzene rings is 1. The van der Waals surface area contributed by atoms with Crippen LogP contribution in [0.1, 0.15) is 29.6 Å². The van der Waals surface area contributed by atoms with Crippen molar-refractivity contribution in [2.24, 2.45) is 5.41 Å². The topological polar surface area (TPSA) is 32.8 Å². The smallest absolute Gasteiger partial charge is 0.254 e. The summed E-state index contributed by atoms with van der Waals surface area (Å²) in [5, 5.41) is 0. The third-order valence-electron chi connectivity index (χ3n) is 4.89. The van der Waals surface area contributed by atoms with Crippen molar-refractivity contribution < 1.29 is 9.53 Å². The first-order valence-electron chi connectivity index (χ1n) is 7.74. The maximum Gasteiger partial charge on any atom is 0.254 e. The Morgan fingerprint density at radius 3 is 2.86 bits per heavy atom. The van der Waals surface area contributed by atoms with Crippen LogP contribution < -0.4 is 4.74 Å². The minimum absolute atomic E-state index is 0.138. The Morgan fingerprint density at radius 2 is 2.10 bits per heavy atom. The molecule has 1 spiro atoms. The minimum atomic E-state index is 0.138. The lowest BCUT2D eigenvalue weighted by Crippen LogP contribution is -2.43. The van der Waals surface area contributed by atoms with Gasteiger partial charge in [-0.1, -0.05) is 6.07 Å². The number of hydrogen-bond acceptors (Lipinski definition) is 3. The molecule has 0 aliphatic carbocycles. The van der Waals surface area contributed by atoms with Crippen LogP contribution in [-0.4, -0.2) is 56.0 Å². The van der Waals surface area contributed by atoms with Crippen LogP contribution in [0.4, 0.5) is 0 Å². The van der Waals surface area contributed by atoms with Gasteiger partial charge in [0, 0.05) is 30.6 Å². The Kier molecular flexibility index (Phi) is 3.89. The predicted octanol–water partition coefficient (Wildman–Crippen LogP) is 2.25. The van der Waals surface area contributed by atoms with E-state index in [2.05, 4.69) is 11.9 Å². The number of rotatable bonds is 2. The van der Waals surface area contributed by atoms with E-state index < -0.39 is 0 Å². The molecule has 2 aliphatic rings. The zero-order valence-corrected chi connectivity index (χ0v) is 13.0. The van der Waals surface area contributed by atoms with E-state index in [-0.39, 0.29) is 5.91 Å². The maximum atomic E-state index is 12.7. The highest BCUT2D eigenvalue weighted by atomic mass is 16.5. The Morgan fingerprint density at radius 1 is 1.24 bits per heavy atom. The minimum Gasteiger partial charge on any atom is -0.497 e. The molecular formula is C17H24N2O2. The number of piperidine rings is 1. The standard InChI is InChI=1S/C17H24N2O2/c1-18-9-4-7-17(12-18)8-10-19(13-17)16(20)14-5-3-6-15(11-14)21-2/h3,5-6,11H,4,7-10,12-13H2,1-2H3/t17-/m0/s1. The highest BCUT2D eigenvalue weighted by molar-refractivity contribution is 5.94. The summed E-state index contributed by atoms with van der Waals surface area (Å²) in [6, 6.07) is 7.47. The molecule has 3 rings (SSSR count). The van der Waals surface area contributed by atoms with Gasteiger partial charge in [-0.05, 0) is 51.1 Å². The number of likely N-dealkylation sites (tertiary alicyclic amines) is 2. The average Bonchev–Trinajstić information content (AvgIpc) is 2.89. The number of carbonyl (C=O) groups excluding carboxylic acids is 1. The largest absolute Gasteiger partial charge is 0.497 e. The Labute approximate surface area is 126 Å². The lowest BCUT2D eigenvalue weighted by atomic mass is 9.79. The fourth-order valence-corrected chi connectivity index (χ4v) is 3.83. The lowest BCUT2D eigenvalue weighted by Gasteiger charge is -2.38. The van der Waals surface area contributed by atoms with E-state index in [1.54, 1.807) is 7.11 Å². The van der Waals surface area contributed by atoms with Crippen LogP contribution in [0.25, 0.3) is 0 Å². The van der Waals surface area contributed by atoms with E-state index in [0.29, 0.717) is 5.41 Å². The molecule has 0 bridgehead atoms. The number of methoxy groups -OCH3 is 1. The summed E-state index contributed by atoms with van der Waals surface area (Å²) in [6.07, 6.45) is 3.63. The Bertz CT molecular complexity index is 531. The summed E-state index contributed by atoms with van der Waals surface area (Å²) < 4.78 is 5.21. The van der Waals surface area contributed by atoms with Gasteiger partial charge in [-0.2, -0.15) is 0 Å². The summed E-state index contributed by atoms with van der Waals surface area (Å²) in [5.41, 5.74) is 1.05. The number of ether oxygens (including phenoxy) is 1. The summed E-state index contributed by atoms with van der Waals surface area (Å²) in [6.45, 7) is 4.08. The molecule has 0 N–H and O–H groups in total. The zero-order valence-electron chi connectivity index (χ0n) is 13.0. The molecule has 0 radical (unpaired) electrons. The molecule has 2 fully saturated rings. The molecule has 1 aromatic rings. The fraction of sp³-hybridized carbons (Fsp3) is 0.588. The highest BCUT2D eigenvalue weighted by Crippen LogP contribution is 2.39. The van der Waals surface area contributed by atoms with Crippen molar-refractivity contribution in [3.63, 3.8) is 0 Å². The van der Waals surface area contributed by atoms with Crippen molar-refractivity contribution in [1.29, 1.82) is 0 Å². The number of amides is 1. The summed E-state index contributed by atoms with van der Waals surface area (Å²) in [7, 11) is 3.82. The van der Waals surface area contributed by atoms with Crippen LogP contribution >= 0.6 is 0 Å². The summed E-state index contributed by atoms with van der Waals surface area (Å²) >= 11 is 0. The molecule has 0 unspecified atom stereocenters. The molecule has 21 heavy (non-hydrogen) atoms. The van der Waals surface area contributed by atoms with Gasteiger partial charge in [-0.25, -0.2) is 0 Å². The van der Waals surface area contributed by atoms with Crippen LogP contribution in [0.15, 0.2) is 24.3 Å². The van der Waals surface area contributed by atoms with E-state index in [4.69, 9.17) is 4.74 Å². The van der Waals surface area contributed by atoms with Gasteiger partial charge in [0.15, 0.2) is 0 Å². The second kappa shape index (κ2) is 5.68. The molecule has 2 aliphatic heterocycles. The van der Waals surface area contributed by atoms with Crippen molar-refractivity contribution in [1.82, 2.24) is 9.80 Å². The van der Waals surface area contributed by atoms with Gasteiger partial charge < -0.3 is 14.5 Å². The van der Waals surface area contributed by atoms with Gasteiger partial charge >= 0.3 is 0 Å². The van der Waals surface area contributed by atoms with E-state index in [1.165, 1.54) is 19.4 Å². The van der Waals surface area contributed by atoms with Crippen LogP contribution in [0.3, 0.4) is 0 Å². The third kappa shape index (κ3) is 2.91. The normalized spacial score (nSPS) is 26.3. The number of carbonyl (C=O) groups is 1. The highest BCUT2D eigenvalue weighted by Gasteiger charge is 2.42. The summed E-state index contributed by atoms with van der Waals surface area (Å²) in [5.74, 6) is 0.881. The molecule has 1 atom stereocenters. The van der Waals surface area contributed by atoms with Crippen molar-refractivity contribution in [2.45, 2.75) is 19.3 Å². The van der Waals surface area contributed by atoms with Gasteiger partial charge in [0.05, 0.1) is 7.11 Å². The van der Waals surface area contributed by atoms with Crippen molar-refractivity contribution in [2.75, 3.05) is 40.3 Å². The van der Waals surface area contributed by atoms with E-state index >= 15 is 0 Å². The van der Waals surface area contributed by atoms with E-state index in [0.717, 1.165) is 37.4 Å². The second-order valence-electron chi connectivity index (χ2n) is 6.55. The van der Waals surface area contributed by atoms with Crippen LogP contribution in [0.2, 0.25) is 0 Å². The fourth-order valence-electron chi connectivity index (χ4n) is 3.83. The molecule has 1 aromatic carbocycles. The van der Waals surface area contributed by atoms with Gasteiger partial charge in [-0.15, -0.1) is 0 Å². The second-order valence-corrected chi connectivity index (χ2v) is 6.55. The van der Waals surface area contributed by atoms with Crippen LogP contribution in [0.5, 0.6) is 5.75 Å². The first-order valence-corrected chi connectivity index (χ1v) is 7.74. The molecule has 1 amide bonds. The molecule has 0 aromatic heterocycles. The van der Waals surface area contributed by atoms with Crippen molar-refractivity contribution >= 4 is 5.91 Å². The van der Waals surface area contributed by atoms with E-state index in [1.807, 2.05) is 29.2 Å².